The summed E-state index contributed by atoms with van der Waals surface area (Å²) in [4.78, 5) is 0. The van der Waals surface area contributed by atoms with Gasteiger partial charge in [-0.05, 0) is 13.3 Å². The Morgan fingerprint density at radius 3 is 3.00 bits per heavy atom. The minimum Gasteiger partial charge on any atom is -0.328 e. The highest BCUT2D eigenvalue weighted by Gasteiger charge is 2.01. The topological polar surface area (TPSA) is 56.7 Å². The first-order valence-electron chi connectivity index (χ1n) is 3.92. The third-order valence-corrected chi connectivity index (χ3v) is 2.54. The van der Waals surface area contributed by atoms with Gasteiger partial charge in [0.1, 0.15) is 6.33 Å². The number of hydrogen-bond acceptors (Lipinski definition) is 4. The van der Waals surface area contributed by atoms with Crippen LogP contribution in [0.3, 0.4) is 0 Å². The Labute approximate surface area is 76.5 Å². The lowest BCUT2D eigenvalue weighted by Gasteiger charge is -2.02. The highest BCUT2D eigenvalue weighted by molar-refractivity contribution is 7.99. The smallest absolute Gasteiger partial charge is 0.190 e. The average molecular weight is 186 g/mol. The molecule has 0 saturated heterocycles. The zero-order valence-electron chi connectivity index (χ0n) is 7.40. The Morgan fingerprint density at radius 2 is 2.50 bits per heavy atom. The fourth-order valence-corrected chi connectivity index (χ4v) is 1.77. The van der Waals surface area contributed by atoms with Crippen molar-refractivity contribution in [1.29, 1.82) is 0 Å². The molecule has 0 aliphatic rings. The summed E-state index contributed by atoms with van der Waals surface area (Å²) in [5.74, 6) is 1.00. The predicted octanol–water partition coefficient (Wildman–Crippen LogP) is 0.645. The van der Waals surface area contributed by atoms with Gasteiger partial charge in [0.25, 0.3) is 0 Å². The molecule has 0 spiro atoms. The van der Waals surface area contributed by atoms with Crippen molar-refractivity contribution >= 4 is 11.8 Å². The summed E-state index contributed by atoms with van der Waals surface area (Å²) in [6.45, 7) is 2.01. The molecule has 0 bridgehead atoms. The van der Waals surface area contributed by atoms with E-state index in [0.29, 0.717) is 0 Å². The second kappa shape index (κ2) is 4.47. The third kappa shape index (κ3) is 2.83. The molecule has 1 heterocycles. The molecule has 0 amide bonds. The van der Waals surface area contributed by atoms with Gasteiger partial charge in [0, 0.05) is 18.8 Å². The largest absolute Gasteiger partial charge is 0.328 e. The van der Waals surface area contributed by atoms with Crippen LogP contribution in [0.15, 0.2) is 11.5 Å². The quantitative estimate of drug-likeness (QED) is 0.701. The summed E-state index contributed by atoms with van der Waals surface area (Å²) in [5.41, 5.74) is 5.61. The van der Waals surface area contributed by atoms with Gasteiger partial charge in [0.05, 0.1) is 0 Å². The molecule has 0 radical (unpaired) electrons. The van der Waals surface area contributed by atoms with Gasteiger partial charge in [-0.15, -0.1) is 10.2 Å². The maximum atomic E-state index is 5.61. The highest BCUT2D eigenvalue weighted by atomic mass is 32.2. The van der Waals surface area contributed by atoms with Crippen molar-refractivity contribution in [3.8, 4) is 0 Å². The Bertz CT molecular complexity index is 233. The van der Waals surface area contributed by atoms with E-state index in [0.717, 1.165) is 17.3 Å². The molecule has 1 aromatic rings. The van der Waals surface area contributed by atoms with Crippen molar-refractivity contribution in [2.75, 3.05) is 5.75 Å². The van der Waals surface area contributed by atoms with Gasteiger partial charge in [-0.1, -0.05) is 11.8 Å². The van der Waals surface area contributed by atoms with E-state index in [1.807, 2.05) is 18.5 Å². The number of thioether (sulfide) groups is 1. The molecule has 1 unspecified atom stereocenters. The van der Waals surface area contributed by atoms with Gasteiger partial charge < -0.3 is 10.3 Å². The van der Waals surface area contributed by atoms with E-state index in [1.54, 1.807) is 18.1 Å². The van der Waals surface area contributed by atoms with Crippen molar-refractivity contribution in [2.24, 2.45) is 12.8 Å². The summed E-state index contributed by atoms with van der Waals surface area (Å²) >= 11 is 1.69. The Hall–Kier alpha value is -0.550. The molecule has 0 fully saturated rings. The van der Waals surface area contributed by atoms with Crippen LogP contribution in [0.5, 0.6) is 0 Å². The first-order chi connectivity index (χ1) is 5.70. The molecule has 1 aromatic heterocycles. The van der Waals surface area contributed by atoms with Crippen LogP contribution < -0.4 is 5.73 Å². The van der Waals surface area contributed by atoms with E-state index in [-0.39, 0.29) is 6.04 Å². The minimum atomic E-state index is 0.269. The summed E-state index contributed by atoms with van der Waals surface area (Å²) in [7, 11) is 1.94. The number of nitrogens with zero attached hydrogens (tertiary/aromatic N) is 3. The molecular weight excluding hydrogens is 172 g/mol. The summed E-state index contributed by atoms with van der Waals surface area (Å²) in [6.07, 6.45) is 2.71. The van der Waals surface area contributed by atoms with E-state index >= 15 is 0 Å². The first kappa shape index (κ1) is 9.54. The van der Waals surface area contributed by atoms with Gasteiger partial charge in [-0.25, -0.2) is 0 Å². The molecule has 68 valence electrons. The summed E-state index contributed by atoms with van der Waals surface area (Å²) in [6, 6.07) is 0.269. The standard InChI is InChI=1S/C7H14N4S/c1-6(8)3-4-12-7-10-9-5-11(7)2/h5-6H,3-4,8H2,1-2H3. The molecular formula is C7H14N4S. The molecule has 1 rings (SSSR count). The molecule has 0 aliphatic carbocycles. The lowest BCUT2D eigenvalue weighted by Crippen LogP contribution is -2.15. The maximum absolute atomic E-state index is 5.61. The molecule has 1 atom stereocenters. The minimum absolute atomic E-state index is 0.269. The number of hydrogen-bond donors (Lipinski definition) is 1. The van der Waals surface area contributed by atoms with Crippen LogP contribution in [0.1, 0.15) is 13.3 Å². The van der Waals surface area contributed by atoms with Crippen LogP contribution in [0.4, 0.5) is 0 Å². The monoisotopic (exact) mass is 186 g/mol. The maximum Gasteiger partial charge on any atom is 0.190 e. The van der Waals surface area contributed by atoms with Crippen LogP contribution >= 0.6 is 11.8 Å². The van der Waals surface area contributed by atoms with Gasteiger partial charge in [0.15, 0.2) is 5.16 Å². The van der Waals surface area contributed by atoms with Crippen molar-refractivity contribution in [1.82, 2.24) is 14.8 Å². The van der Waals surface area contributed by atoms with Gasteiger partial charge in [-0.3, -0.25) is 0 Å². The Morgan fingerprint density at radius 1 is 1.75 bits per heavy atom. The van der Waals surface area contributed by atoms with E-state index in [9.17, 15) is 0 Å². The first-order valence-corrected chi connectivity index (χ1v) is 4.91. The molecule has 5 heteroatoms. The normalized spacial score (nSPS) is 13.2. The molecule has 4 nitrogen and oxygen atoms in total. The number of aromatic nitrogens is 3. The van der Waals surface area contributed by atoms with Crippen LogP contribution in [-0.4, -0.2) is 26.6 Å². The van der Waals surface area contributed by atoms with Crippen molar-refractivity contribution in [3.63, 3.8) is 0 Å². The van der Waals surface area contributed by atoms with E-state index < -0.39 is 0 Å². The van der Waals surface area contributed by atoms with Crippen LogP contribution in [0.2, 0.25) is 0 Å². The fraction of sp³-hybridized carbons (Fsp3) is 0.714. The van der Waals surface area contributed by atoms with E-state index in [2.05, 4.69) is 10.2 Å². The lowest BCUT2D eigenvalue weighted by atomic mass is 10.3. The molecule has 12 heavy (non-hydrogen) atoms. The molecule has 0 aromatic carbocycles. The predicted molar refractivity (Wildman–Crippen MR) is 50.0 cm³/mol. The SMILES string of the molecule is CC(N)CCSc1nncn1C. The molecule has 0 saturated carbocycles. The van der Waals surface area contributed by atoms with Gasteiger partial charge in [0.2, 0.25) is 0 Å². The van der Waals surface area contributed by atoms with E-state index in [4.69, 9.17) is 5.73 Å². The Kier molecular flexibility index (Phi) is 3.55. The molecule has 0 aliphatic heterocycles. The summed E-state index contributed by atoms with van der Waals surface area (Å²) < 4.78 is 1.91. The van der Waals surface area contributed by atoms with Gasteiger partial charge >= 0.3 is 0 Å². The van der Waals surface area contributed by atoms with E-state index in [1.165, 1.54) is 0 Å². The number of rotatable bonds is 4. The second-order valence-electron chi connectivity index (χ2n) is 2.84. The van der Waals surface area contributed by atoms with Crippen LogP contribution in [0.25, 0.3) is 0 Å². The molecule has 2 N–H and O–H groups in total. The number of nitrogens with two attached hydrogens (primary N) is 1. The summed E-state index contributed by atoms with van der Waals surface area (Å²) in [5, 5.41) is 8.68. The highest BCUT2D eigenvalue weighted by Crippen LogP contribution is 2.14. The van der Waals surface area contributed by atoms with Crippen molar-refractivity contribution in [3.05, 3.63) is 6.33 Å². The fourth-order valence-electron chi connectivity index (χ4n) is 0.739. The van der Waals surface area contributed by atoms with Gasteiger partial charge in [-0.2, -0.15) is 0 Å². The van der Waals surface area contributed by atoms with Crippen molar-refractivity contribution < 1.29 is 0 Å². The van der Waals surface area contributed by atoms with Crippen molar-refractivity contribution in [2.45, 2.75) is 24.5 Å². The zero-order valence-corrected chi connectivity index (χ0v) is 8.21. The lowest BCUT2D eigenvalue weighted by molar-refractivity contribution is 0.717. The van der Waals surface area contributed by atoms with Crippen LogP contribution in [0, 0.1) is 0 Å². The van der Waals surface area contributed by atoms with Crippen LogP contribution in [-0.2, 0) is 7.05 Å². The zero-order chi connectivity index (χ0) is 8.97. The third-order valence-electron chi connectivity index (χ3n) is 1.47. The second-order valence-corrected chi connectivity index (χ2v) is 3.90. The number of aryl methyl sites for hydroxylation is 1. The average Bonchev–Trinajstić information content (AvgIpc) is 2.36. The Balaban J connectivity index is 2.29.